The summed E-state index contributed by atoms with van der Waals surface area (Å²) in [6.45, 7) is 4.29. The number of piperidine rings is 1. The minimum atomic E-state index is -0.170. The van der Waals surface area contributed by atoms with Gasteiger partial charge in [-0.3, -0.25) is 9.59 Å². The molecular weight excluding hydrogens is 356 g/mol. The lowest BCUT2D eigenvalue weighted by Gasteiger charge is -2.31. The molecule has 2 amide bonds. The van der Waals surface area contributed by atoms with E-state index in [9.17, 15) is 9.59 Å². The van der Waals surface area contributed by atoms with Crippen molar-refractivity contribution in [3.8, 4) is 0 Å². The minimum Gasteiger partial charge on any atom is -0.459 e. The van der Waals surface area contributed by atoms with Crippen LogP contribution in [0, 0.1) is 5.92 Å². The Morgan fingerprint density at radius 3 is 2.82 bits per heavy atom. The zero-order valence-corrected chi connectivity index (χ0v) is 16.3. The first kappa shape index (κ1) is 20.1. The molecule has 1 aliphatic heterocycles. The van der Waals surface area contributed by atoms with Crippen molar-refractivity contribution in [3.63, 3.8) is 0 Å². The zero-order chi connectivity index (χ0) is 19.8. The second kappa shape index (κ2) is 10.1. The molecule has 1 N–H and O–H groups in total. The Kier molecular flexibility index (Phi) is 7.25. The molecule has 0 bridgehead atoms. The number of nitrogens with zero attached hydrogens (tertiary/aromatic N) is 1. The lowest BCUT2D eigenvalue weighted by molar-refractivity contribution is -0.126. The maximum Gasteiger partial charge on any atom is 0.289 e. The number of hydrogen-bond acceptors (Lipinski definition) is 4. The molecule has 150 valence electrons. The number of furan rings is 1. The monoisotopic (exact) mass is 384 g/mol. The Hall–Kier alpha value is -2.60. The molecule has 3 rings (SSSR count). The standard InChI is InChI=1S/C22H28N2O4/c1-17(18-8-3-2-4-9-18)27-15-7-12-23-21(25)19-10-5-13-24(16-19)22(26)20-11-6-14-28-20/h2-4,6,8-9,11,14,17,19H,5,7,10,12-13,15-16H2,1H3,(H,23,25)/t17-,19+/m0/s1. The number of benzene rings is 1. The van der Waals surface area contributed by atoms with Gasteiger partial charge in [0.2, 0.25) is 5.91 Å². The molecule has 0 saturated carbocycles. The van der Waals surface area contributed by atoms with Crippen molar-refractivity contribution < 1.29 is 18.7 Å². The number of carbonyl (C=O) groups is 2. The SMILES string of the molecule is C[C@H](OCCCNC(=O)[C@@H]1CCCN(C(=O)c2ccco2)C1)c1ccccc1. The van der Waals surface area contributed by atoms with Crippen molar-refractivity contribution in [3.05, 3.63) is 60.1 Å². The number of nitrogens with one attached hydrogen (secondary N) is 1. The Morgan fingerprint density at radius 2 is 2.07 bits per heavy atom. The maximum atomic E-state index is 12.5. The molecule has 6 heteroatoms. The van der Waals surface area contributed by atoms with Crippen LogP contribution in [0.4, 0.5) is 0 Å². The van der Waals surface area contributed by atoms with Gasteiger partial charge in [0.25, 0.3) is 5.91 Å². The Morgan fingerprint density at radius 1 is 1.25 bits per heavy atom. The van der Waals surface area contributed by atoms with Gasteiger partial charge in [-0.25, -0.2) is 0 Å². The Labute approximate surface area is 165 Å². The summed E-state index contributed by atoms with van der Waals surface area (Å²) in [6, 6.07) is 13.4. The first-order valence-electron chi connectivity index (χ1n) is 9.92. The molecule has 2 atom stereocenters. The van der Waals surface area contributed by atoms with E-state index in [-0.39, 0.29) is 23.8 Å². The topological polar surface area (TPSA) is 71.8 Å². The molecule has 2 heterocycles. The third kappa shape index (κ3) is 5.45. The molecule has 28 heavy (non-hydrogen) atoms. The summed E-state index contributed by atoms with van der Waals surface area (Å²) in [7, 11) is 0. The van der Waals surface area contributed by atoms with Crippen LogP contribution in [-0.4, -0.2) is 43.0 Å². The van der Waals surface area contributed by atoms with Gasteiger partial charge in [-0.05, 0) is 43.9 Å². The van der Waals surface area contributed by atoms with Crippen molar-refractivity contribution in [2.24, 2.45) is 5.92 Å². The van der Waals surface area contributed by atoms with Crippen LogP contribution >= 0.6 is 0 Å². The average molecular weight is 384 g/mol. The molecule has 0 aliphatic carbocycles. The molecule has 1 saturated heterocycles. The van der Waals surface area contributed by atoms with Crippen molar-refractivity contribution in [1.29, 1.82) is 0 Å². The van der Waals surface area contributed by atoms with Gasteiger partial charge in [-0.1, -0.05) is 30.3 Å². The Balaban J connectivity index is 1.36. The number of hydrogen-bond donors (Lipinski definition) is 1. The summed E-state index contributed by atoms with van der Waals surface area (Å²) in [4.78, 5) is 26.6. The predicted molar refractivity (Wildman–Crippen MR) is 106 cm³/mol. The summed E-state index contributed by atoms with van der Waals surface area (Å²) in [5.41, 5.74) is 1.15. The molecular formula is C22H28N2O4. The van der Waals surface area contributed by atoms with Crippen LogP contribution in [0.5, 0.6) is 0 Å². The highest BCUT2D eigenvalue weighted by Crippen LogP contribution is 2.19. The Bertz CT molecular complexity index is 745. The van der Waals surface area contributed by atoms with Crippen LogP contribution in [0.25, 0.3) is 0 Å². The fourth-order valence-corrected chi connectivity index (χ4v) is 3.44. The highest BCUT2D eigenvalue weighted by Gasteiger charge is 2.29. The normalized spacial score (nSPS) is 17.9. The second-order valence-corrected chi connectivity index (χ2v) is 7.14. The highest BCUT2D eigenvalue weighted by atomic mass is 16.5. The van der Waals surface area contributed by atoms with Crippen molar-refractivity contribution in [2.75, 3.05) is 26.2 Å². The van der Waals surface area contributed by atoms with E-state index in [2.05, 4.69) is 5.32 Å². The smallest absolute Gasteiger partial charge is 0.289 e. The zero-order valence-electron chi connectivity index (χ0n) is 16.3. The fourth-order valence-electron chi connectivity index (χ4n) is 3.44. The van der Waals surface area contributed by atoms with Crippen LogP contribution in [0.1, 0.15) is 48.4 Å². The van der Waals surface area contributed by atoms with E-state index in [1.54, 1.807) is 17.0 Å². The molecule has 0 unspecified atom stereocenters. The second-order valence-electron chi connectivity index (χ2n) is 7.14. The number of carbonyl (C=O) groups excluding carboxylic acids is 2. The predicted octanol–water partition coefficient (Wildman–Crippen LogP) is 3.42. The van der Waals surface area contributed by atoms with Gasteiger partial charge >= 0.3 is 0 Å². The summed E-state index contributed by atoms with van der Waals surface area (Å²) in [6.07, 6.45) is 3.90. The fraction of sp³-hybridized carbons (Fsp3) is 0.455. The van der Waals surface area contributed by atoms with Crippen LogP contribution in [0.3, 0.4) is 0 Å². The third-order valence-electron chi connectivity index (χ3n) is 5.07. The highest BCUT2D eigenvalue weighted by molar-refractivity contribution is 5.92. The molecule has 2 aromatic rings. The summed E-state index contributed by atoms with van der Waals surface area (Å²) in [5, 5.41) is 2.98. The van der Waals surface area contributed by atoms with E-state index >= 15 is 0 Å². The number of likely N-dealkylation sites (tertiary alicyclic amines) is 1. The summed E-state index contributed by atoms with van der Waals surface area (Å²) < 4.78 is 11.0. The quantitative estimate of drug-likeness (QED) is 0.708. The third-order valence-corrected chi connectivity index (χ3v) is 5.07. The summed E-state index contributed by atoms with van der Waals surface area (Å²) in [5.74, 6) is 0.0152. The van der Waals surface area contributed by atoms with Gasteiger partial charge in [0.05, 0.1) is 18.3 Å². The molecule has 1 aromatic heterocycles. The van der Waals surface area contributed by atoms with Gasteiger partial charge in [-0.15, -0.1) is 0 Å². The number of ether oxygens (including phenoxy) is 1. The number of rotatable bonds is 8. The van der Waals surface area contributed by atoms with Gasteiger partial charge in [0.15, 0.2) is 5.76 Å². The first-order valence-corrected chi connectivity index (χ1v) is 9.92. The lowest BCUT2D eigenvalue weighted by atomic mass is 9.97. The van der Waals surface area contributed by atoms with Gasteiger partial charge in [0, 0.05) is 26.2 Å². The van der Waals surface area contributed by atoms with Crippen molar-refractivity contribution in [2.45, 2.75) is 32.3 Å². The molecule has 0 spiro atoms. The van der Waals surface area contributed by atoms with Crippen LogP contribution in [0.2, 0.25) is 0 Å². The van der Waals surface area contributed by atoms with E-state index in [0.29, 0.717) is 32.0 Å². The van der Waals surface area contributed by atoms with E-state index in [1.807, 2.05) is 37.3 Å². The van der Waals surface area contributed by atoms with E-state index in [0.717, 1.165) is 24.8 Å². The molecule has 1 aromatic carbocycles. The largest absolute Gasteiger partial charge is 0.459 e. The van der Waals surface area contributed by atoms with E-state index < -0.39 is 0 Å². The maximum absolute atomic E-state index is 12.5. The van der Waals surface area contributed by atoms with Crippen molar-refractivity contribution in [1.82, 2.24) is 10.2 Å². The van der Waals surface area contributed by atoms with Crippen LogP contribution in [0.15, 0.2) is 53.1 Å². The minimum absolute atomic E-state index is 0.00746. The lowest BCUT2D eigenvalue weighted by Crippen LogP contribution is -2.45. The van der Waals surface area contributed by atoms with E-state index in [4.69, 9.17) is 9.15 Å². The van der Waals surface area contributed by atoms with Crippen molar-refractivity contribution >= 4 is 11.8 Å². The van der Waals surface area contributed by atoms with Gasteiger partial charge < -0.3 is 19.4 Å². The molecule has 0 radical (unpaired) electrons. The van der Waals surface area contributed by atoms with E-state index in [1.165, 1.54) is 6.26 Å². The molecule has 6 nitrogen and oxygen atoms in total. The average Bonchev–Trinajstić information content (AvgIpc) is 3.28. The molecule has 1 aliphatic rings. The van der Waals surface area contributed by atoms with Gasteiger partial charge in [0.1, 0.15) is 0 Å². The van der Waals surface area contributed by atoms with Crippen LogP contribution < -0.4 is 5.32 Å². The first-order chi connectivity index (χ1) is 13.6. The number of amides is 2. The van der Waals surface area contributed by atoms with Gasteiger partial charge in [-0.2, -0.15) is 0 Å². The molecule has 1 fully saturated rings. The van der Waals surface area contributed by atoms with Crippen LogP contribution in [-0.2, 0) is 9.53 Å². The summed E-state index contributed by atoms with van der Waals surface area (Å²) >= 11 is 0.